The fraction of sp³-hybridized carbons (Fsp3) is 0.158. The first-order chi connectivity index (χ1) is 12.1. The Morgan fingerprint density at radius 3 is 2.44 bits per heavy atom. The highest BCUT2D eigenvalue weighted by Gasteiger charge is 2.09. The molecule has 0 saturated carbocycles. The number of carbonyl (C=O) groups excluding carboxylic acids is 1. The van der Waals surface area contributed by atoms with Gasteiger partial charge in [0, 0.05) is 11.9 Å². The van der Waals surface area contributed by atoms with Crippen LogP contribution in [0.25, 0.3) is 0 Å². The lowest BCUT2D eigenvalue weighted by atomic mass is 10.1. The van der Waals surface area contributed by atoms with Gasteiger partial charge in [-0.15, -0.1) is 0 Å². The van der Waals surface area contributed by atoms with Gasteiger partial charge in [0.05, 0.1) is 24.6 Å². The third-order valence-corrected chi connectivity index (χ3v) is 3.54. The minimum absolute atomic E-state index is 0.266. The Morgan fingerprint density at radius 2 is 1.80 bits per heavy atom. The van der Waals surface area contributed by atoms with Crippen LogP contribution in [-0.4, -0.2) is 20.9 Å². The van der Waals surface area contributed by atoms with Crippen LogP contribution in [-0.2, 0) is 6.54 Å². The molecule has 2 N–H and O–H groups in total. The van der Waals surface area contributed by atoms with E-state index < -0.39 is 0 Å². The van der Waals surface area contributed by atoms with Crippen molar-refractivity contribution >= 4 is 17.4 Å². The molecule has 3 aromatic rings. The van der Waals surface area contributed by atoms with Crippen molar-refractivity contribution in [3.8, 4) is 0 Å². The highest BCUT2D eigenvalue weighted by Crippen LogP contribution is 2.14. The lowest BCUT2D eigenvalue weighted by Crippen LogP contribution is -2.14. The van der Waals surface area contributed by atoms with Crippen molar-refractivity contribution in [2.45, 2.75) is 20.4 Å². The van der Waals surface area contributed by atoms with Crippen molar-refractivity contribution in [1.82, 2.24) is 15.0 Å². The smallest absolute Gasteiger partial charge is 0.275 e. The number of aryl methyl sites for hydroxylation is 2. The zero-order valence-corrected chi connectivity index (χ0v) is 14.2. The van der Waals surface area contributed by atoms with Crippen LogP contribution in [0.1, 0.15) is 27.3 Å². The minimum Gasteiger partial charge on any atom is -0.363 e. The molecule has 25 heavy (non-hydrogen) atoms. The molecule has 0 spiro atoms. The standard InChI is InChI=1S/C19H19N5O/c1-13-7-14(2)9-16(8-13)24-19(25)17-11-23-18(12-21-17)22-10-15-5-3-4-6-20-15/h3-9,11-12H,10H2,1-2H3,(H,22,23)(H,24,25). The zero-order valence-electron chi connectivity index (χ0n) is 14.2. The van der Waals surface area contributed by atoms with Gasteiger partial charge in [-0.2, -0.15) is 0 Å². The van der Waals surface area contributed by atoms with Gasteiger partial charge in [0.25, 0.3) is 5.91 Å². The van der Waals surface area contributed by atoms with Crippen molar-refractivity contribution in [3.05, 3.63) is 77.5 Å². The number of benzene rings is 1. The largest absolute Gasteiger partial charge is 0.363 e. The molecule has 6 heteroatoms. The van der Waals surface area contributed by atoms with Crippen molar-refractivity contribution in [2.24, 2.45) is 0 Å². The maximum absolute atomic E-state index is 12.3. The van der Waals surface area contributed by atoms with Crippen molar-refractivity contribution in [2.75, 3.05) is 10.6 Å². The Balaban J connectivity index is 1.62. The average Bonchev–Trinajstić information content (AvgIpc) is 2.60. The van der Waals surface area contributed by atoms with Crippen LogP contribution < -0.4 is 10.6 Å². The van der Waals surface area contributed by atoms with Crippen LogP contribution in [0.2, 0.25) is 0 Å². The van der Waals surface area contributed by atoms with E-state index in [1.54, 1.807) is 12.4 Å². The number of aromatic nitrogens is 3. The van der Waals surface area contributed by atoms with E-state index in [1.165, 1.54) is 6.20 Å². The second kappa shape index (κ2) is 7.53. The normalized spacial score (nSPS) is 10.3. The molecular formula is C19H19N5O. The van der Waals surface area contributed by atoms with Crippen LogP contribution >= 0.6 is 0 Å². The molecule has 3 rings (SSSR count). The first-order valence-electron chi connectivity index (χ1n) is 7.95. The molecule has 0 bridgehead atoms. The fourth-order valence-corrected chi connectivity index (χ4v) is 2.46. The molecule has 1 amide bonds. The summed E-state index contributed by atoms with van der Waals surface area (Å²) in [7, 11) is 0. The molecule has 0 aliphatic carbocycles. The summed E-state index contributed by atoms with van der Waals surface area (Å²) in [6.45, 7) is 4.53. The fourth-order valence-electron chi connectivity index (χ4n) is 2.46. The van der Waals surface area contributed by atoms with Crippen molar-refractivity contribution in [1.29, 1.82) is 0 Å². The number of hydrogen-bond donors (Lipinski definition) is 2. The van der Waals surface area contributed by atoms with Crippen LogP contribution in [0.4, 0.5) is 11.5 Å². The average molecular weight is 333 g/mol. The van der Waals surface area contributed by atoms with E-state index in [4.69, 9.17) is 0 Å². The predicted octanol–water partition coefficient (Wildman–Crippen LogP) is 3.35. The van der Waals surface area contributed by atoms with Gasteiger partial charge in [-0.05, 0) is 49.2 Å². The first kappa shape index (κ1) is 16.6. The van der Waals surface area contributed by atoms with E-state index in [0.717, 1.165) is 22.5 Å². The lowest BCUT2D eigenvalue weighted by molar-refractivity contribution is 0.102. The summed E-state index contributed by atoms with van der Waals surface area (Å²) in [6.07, 6.45) is 4.74. The summed E-state index contributed by atoms with van der Waals surface area (Å²) >= 11 is 0. The van der Waals surface area contributed by atoms with Gasteiger partial charge < -0.3 is 10.6 Å². The minimum atomic E-state index is -0.284. The van der Waals surface area contributed by atoms with Crippen LogP contribution in [0.5, 0.6) is 0 Å². The summed E-state index contributed by atoms with van der Waals surface area (Å²) in [5, 5.41) is 5.97. The molecule has 0 atom stereocenters. The molecule has 0 aliphatic rings. The van der Waals surface area contributed by atoms with Crippen molar-refractivity contribution < 1.29 is 4.79 Å². The SMILES string of the molecule is Cc1cc(C)cc(NC(=O)c2cnc(NCc3ccccn3)cn2)c1. The maximum atomic E-state index is 12.3. The monoisotopic (exact) mass is 333 g/mol. The topological polar surface area (TPSA) is 79.8 Å². The van der Waals surface area contributed by atoms with E-state index in [1.807, 2.05) is 44.2 Å². The summed E-state index contributed by atoms with van der Waals surface area (Å²) in [5.74, 6) is 0.308. The third-order valence-electron chi connectivity index (χ3n) is 3.54. The summed E-state index contributed by atoms with van der Waals surface area (Å²) in [5.41, 5.74) is 4.11. The number of amides is 1. The molecule has 1 aromatic carbocycles. The Bertz CT molecular complexity index is 842. The van der Waals surface area contributed by atoms with Crippen LogP contribution in [0.15, 0.2) is 55.0 Å². The molecular weight excluding hydrogens is 314 g/mol. The first-order valence-corrected chi connectivity index (χ1v) is 7.95. The Labute approximate surface area is 146 Å². The number of nitrogens with zero attached hydrogens (tertiary/aromatic N) is 3. The predicted molar refractivity (Wildman–Crippen MR) is 97.5 cm³/mol. The van der Waals surface area contributed by atoms with E-state index in [-0.39, 0.29) is 11.6 Å². The molecule has 126 valence electrons. The van der Waals surface area contributed by atoms with E-state index in [9.17, 15) is 4.79 Å². The second-order valence-corrected chi connectivity index (χ2v) is 5.79. The zero-order chi connectivity index (χ0) is 17.6. The van der Waals surface area contributed by atoms with Gasteiger partial charge in [-0.1, -0.05) is 12.1 Å². The molecule has 0 saturated heterocycles. The number of nitrogens with one attached hydrogen (secondary N) is 2. The van der Waals surface area contributed by atoms with Crippen molar-refractivity contribution in [3.63, 3.8) is 0 Å². The van der Waals surface area contributed by atoms with Gasteiger partial charge in [-0.3, -0.25) is 9.78 Å². The molecule has 0 fully saturated rings. The molecule has 6 nitrogen and oxygen atoms in total. The van der Waals surface area contributed by atoms with E-state index in [0.29, 0.717) is 12.4 Å². The number of hydrogen-bond acceptors (Lipinski definition) is 5. The quantitative estimate of drug-likeness (QED) is 0.748. The van der Waals surface area contributed by atoms with Gasteiger partial charge >= 0.3 is 0 Å². The van der Waals surface area contributed by atoms with Gasteiger partial charge in [-0.25, -0.2) is 9.97 Å². The molecule has 2 aromatic heterocycles. The maximum Gasteiger partial charge on any atom is 0.275 e. The van der Waals surface area contributed by atoms with Crippen LogP contribution in [0.3, 0.4) is 0 Å². The van der Waals surface area contributed by atoms with Gasteiger partial charge in [0.2, 0.25) is 0 Å². The molecule has 0 aliphatic heterocycles. The Hall–Kier alpha value is -3.28. The Kier molecular flexibility index (Phi) is 4.99. The molecule has 2 heterocycles. The second-order valence-electron chi connectivity index (χ2n) is 5.79. The number of pyridine rings is 1. The summed E-state index contributed by atoms with van der Waals surface area (Å²) < 4.78 is 0. The molecule has 0 unspecified atom stereocenters. The highest BCUT2D eigenvalue weighted by molar-refractivity contribution is 6.02. The third kappa shape index (κ3) is 4.60. The summed E-state index contributed by atoms with van der Waals surface area (Å²) in [4.78, 5) is 24.9. The van der Waals surface area contributed by atoms with Gasteiger partial charge in [0.15, 0.2) is 0 Å². The highest BCUT2D eigenvalue weighted by atomic mass is 16.1. The number of anilines is 2. The summed E-state index contributed by atoms with van der Waals surface area (Å²) in [6, 6.07) is 11.6. The van der Waals surface area contributed by atoms with E-state index >= 15 is 0 Å². The van der Waals surface area contributed by atoms with Gasteiger partial charge in [0.1, 0.15) is 11.5 Å². The van der Waals surface area contributed by atoms with E-state index in [2.05, 4.69) is 31.7 Å². The van der Waals surface area contributed by atoms with Crippen LogP contribution in [0, 0.1) is 13.8 Å². The molecule has 0 radical (unpaired) electrons. The number of rotatable bonds is 5. The lowest BCUT2D eigenvalue weighted by Gasteiger charge is -2.08. The number of carbonyl (C=O) groups is 1. The Morgan fingerprint density at radius 1 is 1.00 bits per heavy atom.